The van der Waals surface area contributed by atoms with E-state index in [1.165, 1.54) is 36.0 Å². The number of thioether (sulfide) groups is 1. The van der Waals surface area contributed by atoms with Gasteiger partial charge in [-0.25, -0.2) is 13.1 Å². The second kappa shape index (κ2) is 9.99. The second-order valence-electron chi connectivity index (χ2n) is 7.40. The predicted molar refractivity (Wildman–Crippen MR) is 139 cm³/mol. The van der Waals surface area contributed by atoms with Crippen LogP contribution >= 0.6 is 39.3 Å². The number of aromatic nitrogens is 1. The fourth-order valence-corrected chi connectivity index (χ4v) is 5.89. The molecule has 0 spiro atoms. The largest absolute Gasteiger partial charge is 0.337 e. The average Bonchev–Trinajstić information content (AvgIpc) is 3.11. The third-order valence-corrected chi connectivity index (χ3v) is 8.50. The van der Waals surface area contributed by atoms with Crippen molar-refractivity contribution in [1.82, 2.24) is 5.16 Å². The summed E-state index contributed by atoms with van der Waals surface area (Å²) in [6.07, 6.45) is 0. The molecular formula is C23H19BrClN3O4S2. The van der Waals surface area contributed by atoms with Crippen molar-refractivity contribution in [2.45, 2.75) is 23.6 Å². The highest BCUT2D eigenvalue weighted by Crippen LogP contribution is 2.37. The molecule has 3 aromatic carbocycles. The normalized spacial score (nSPS) is 11.5. The predicted octanol–water partition coefficient (Wildman–Crippen LogP) is 6.39. The van der Waals surface area contributed by atoms with Crippen LogP contribution in [0.2, 0.25) is 5.02 Å². The van der Waals surface area contributed by atoms with Crippen molar-refractivity contribution < 1.29 is 17.7 Å². The Bertz CT molecular complexity index is 1490. The number of nitrogens with one attached hydrogen (secondary N) is 2. The van der Waals surface area contributed by atoms with E-state index in [1.54, 1.807) is 13.8 Å². The van der Waals surface area contributed by atoms with Crippen molar-refractivity contribution in [3.05, 3.63) is 75.4 Å². The number of nitrogens with zero attached hydrogens (tertiary/aromatic N) is 1. The second-order valence-corrected chi connectivity index (χ2v) is 11.4. The summed E-state index contributed by atoms with van der Waals surface area (Å²) in [6.45, 7) is 3.44. The first-order valence-corrected chi connectivity index (χ1v) is 13.6. The maximum Gasteiger partial charge on any atom is 0.264 e. The van der Waals surface area contributed by atoms with Crippen LogP contribution in [0.4, 0.5) is 11.6 Å². The van der Waals surface area contributed by atoms with Gasteiger partial charge < -0.3 is 9.84 Å². The molecule has 0 bridgehead atoms. The number of hydrogen-bond donors (Lipinski definition) is 2. The monoisotopic (exact) mass is 579 g/mol. The van der Waals surface area contributed by atoms with E-state index in [0.717, 1.165) is 20.1 Å². The van der Waals surface area contributed by atoms with Crippen molar-refractivity contribution in [2.24, 2.45) is 0 Å². The number of hydrogen-bond acceptors (Lipinski definition) is 6. The zero-order valence-electron chi connectivity index (χ0n) is 18.1. The first-order chi connectivity index (χ1) is 16.2. The number of anilines is 2. The molecule has 0 fully saturated rings. The van der Waals surface area contributed by atoms with Crippen LogP contribution in [0.25, 0.3) is 10.8 Å². The maximum atomic E-state index is 12.6. The number of amides is 1. The number of aryl methyl sites for hydroxylation is 1. The topological polar surface area (TPSA) is 101 Å². The molecule has 34 heavy (non-hydrogen) atoms. The molecule has 0 atom stereocenters. The summed E-state index contributed by atoms with van der Waals surface area (Å²) in [4.78, 5) is 13.4. The van der Waals surface area contributed by atoms with E-state index < -0.39 is 10.0 Å². The molecule has 0 aliphatic rings. The lowest BCUT2D eigenvalue weighted by Crippen LogP contribution is -2.15. The van der Waals surface area contributed by atoms with Gasteiger partial charge >= 0.3 is 0 Å². The molecule has 0 aliphatic carbocycles. The van der Waals surface area contributed by atoms with E-state index >= 15 is 0 Å². The number of carbonyl (C=O) groups is 1. The Balaban J connectivity index is 1.41. The van der Waals surface area contributed by atoms with E-state index in [2.05, 4.69) is 31.1 Å². The van der Waals surface area contributed by atoms with E-state index in [9.17, 15) is 13.2 Å². The molecule has 7 nitrogen and oxygen atoms in total. The van der Waals surface area contributed by atoms with Crippen molar-refractivity contribution in [2.75, 3.05) is 15.8 Å². The van der Waals surface area contributed by atoms with Crippen LogP contribution in [-0.2, 0) is 14.8 Å². The quantitative estimate of drug-likeness (QED) is 0.246. The van der Waals surface area contributed by atoms with Gasteiger partial charge in [-0.05, 0) is 61.7 Å². The molecule has 0 saturated carbocycles. The summed E-state index contributed by atoms with van der Waals surface area (Å²) in [5, 5.41) is 9.00. The lowest BCUT2D eigenvalue weighted by atomic mass is 10.1. The standard InChI is InChI=1S/C23H19BrClN3O4S2/c1-13-14(2)27-32-23(13)28-34(30,31)16-8-6-15(7-9-16)26-21(29)12-33-20-11-10-18(24)17-4-3-5-19(25)22(17)20/h3-11,28H,12H2,1-2H3,(H,26,29). The van der Waals surface area contributed by atoms with Crippen LogP contribution in [0.5, 0.6) is 0 Å². The Morgan fingerprint density at radius 2 is 1.85 bits per heavy atom. The van der Waals surface area contributed by atoms with Gasteiger partial charge in [0.15, 0.2) is 0 Å². The summed E-state index contributed by atoms with van der Waals surface area (Å²) in [5.74, 6) is 0.00955. The van der Waals surface area contributed by atoms with Crippen molar-refractivity contribution in [1.29, 1.82) is 0 Å². The van der Waals surface area contributed by atoms with Gasteiger partial charge in [0.25, 0.3) is 10.0 Å². The third kappa shape index (κ3) is 5.25. The molecule has 176 valence electrons. The number of benzene rings is 3. The van der Waals surface area contributed by atoms with Crippen molar-refractivity contribution in [3.63, 3.8) is 0 Å². The first kappa shape index (κ1) is 24.6. The SMILES string of the molecule is Cc1noc(NS(=O)(=O)c2ccc(NC(=O)CSc3ccc(Br)c4cccc(Cl)c34)cc2)c1C. The molecule has 0 saturated heterocycles. The molecule has 11 heteroatoms. The summed E-state index contributed by atoms with van der Waals surface area (Å²) < 4.78 is 33.6. The lowest BCUT2D eigenvalue weighted by molar-refractivity contribution is -0.113. The number of halogens is 2. The molecule has 0 radical (unpaired) electrons. The molecule has 1 amide bonds. The Morgan fingerprint density at radius 1 is 1.12 bits per heavy atom. The molecule has 4 rings (SSSR count). The molecule has 4 aromatic rings. The van der Waals surface area contributed by atoms with Crippen LogP contribution in [-0.4, -0.2) is 25.2 Å². The molecular weight excluding hydrogens is 562 g/mol. The molecule has 0 aliphatic heterocycles. The van der Waals surface area contributed by atoms with Gasteiger partial charge in [0.1, 0.15) is 0 Å². The Kier molecular flexibility index (Phi) is 7.22. The summed E-state index contributed by atoms with van der Waals surface area (Å²) in [7, 11) is -3.86. The average molecular weight is 581 g/mol. The fraction of sp³-hybridized carbons (Fsp3) is 0.130. The number of sulfonamides is 1. The van der Waals surface area contributed by atoms with E-state index in [-0.39, 0.29) is 22.4 Å². The van der Waals surface area contributed by atoms with Gasteiger partial charge in [-0.2, -0.15) is 0 Å². The number of rotatable bonds is 7. The van der Waals surface area contributed by atoms with Gasteiger partial charge in [-0.1, -0.05) is 44.8 Å². The van der Waals surface area contributed by atoms with E-state index in [1.807, 2.05) is 30.3 Å². The molecule has 0 unspecified atom stereocenters. The number of fused-ring (bicyclic) bond motifs is 1. The van der Waals surface area contributed by atoms with Crippen LogP contribution in [0.1, 0.15) is 11.3 Å². The molecule has 1 heterocycles. The minimum Gasteiger partial charge on any atom is -0.337 e. The summed E-state index contributed by atoms with van der Waals surface area (Å²) in [5.41, 5.74) is 1.70. The van der Waals surface area contributed by atoms with E-state index in [0.29, 0.717) is 22.0 Å². The van der Waals surface area contributed by atoms with Crippen LogP contribution in [0, 0.1) is 13.8 Å². The zero-order chi connectivity index (χ0) is 24.5. The molecule has 1 aromatic heterocycles. The Labute approximate surface area is 214 Å². The van der Waals surface area contributed by atoms with Gasteiger partial charge in [-0.3, -0.25) is 4.79 Å². The highest BCUT2D eigenvalue weighted by Gasteiger charge is 2.19. The van der Waals surface area contributed by atoms with Crippen molar-refractivity contribution >= 4 is 77.6 Å². The molecule has 2 N–H and O–H groups in total. The first-order valence-electron chi connectivity index (χ1n) is 10.0. The van der Waals surface area contributed by atoms with Gasteiger partial charge in [0.2, 0.25) is 11.8 Å². The third-order valence-electron chi connectivity index (χ3n) is 5.09. The maximum absolute atomic E-state index is 12.6. The minimum atomic E-state index is -3.86. The zero-order valence-corrected chi connectivity index (χ0v) is 22.0. The van der Waals surface area contributed by atoms with Gasteiger partial charge in [-0.15, -0.1) is 11.8 Å². The Hall–Kier alpha value is -2.53. The van der Waals surface area contributed by atoms with Crippen molar-refractivity contribution in [3.8, 4) is 0 Å². The minimum absolute atomic E-state index is 0.0318. The summed E-state index contributed by atoms with van der Waals surface area (Å²) >= 11 is 11.3. The summed E-state index contributed by atoms with van der Waals surface area (Å²) in [6, 6.07) is 15.4. The lowest BCUT2D eigenvalue weighted by Gasteiger charge is -2.10. The van der Waals surface area contributed by atoms with Gasteiger partial charge in [0, 0.05) is 31.0 Å². The number of carbonyl (C=O) groups excluding carboxylic acids is 1. The van der Waals surface area contributed by atoms with Crippen LogP contribution in [0.3, 0.4) is 0 Å². The van der Waals surface area contributed by atoms with Crippen LogP contribution in [0.15, 0.2) is 73.4 Å². The highest BCUT2D eigenvalue weighted by atomic mass is 79.9. The highest BCUT2D eigenvalue weighted by molar-refractivity contribution is 9.10. The smallest absolute Gasteiger partial charge is 0.264 e. The fourth-order valence-electron chi connectivity index (χ4n) is 3.17. The Morgan fingerprint density at radius 3 is 2.53 bits per heavy atom. The van der Waals surface area contributed by atoms with E-state index in [4.69, 9.17) is 16.1 Å². The van der Waals surface area contributed by atoms with Gasteiger partial charge in [0.05, 0.1) is 16.3 Å². The van der Waals surface area contributed by atoms with Crippen LogP contribution < -0.4 is 10.0 Å².